The van der Waals surface area contributed by atoms with E-state index >= 15 is 0 Å². The van der Waals surface area contributed by atoms with Crippen molar-refractivity contribution in [3.63, 3.8) is 0 Å². The van der Waals surface area contributed by atoms with Crippen LogP contribution in [0.15, 0.2) is 18.2 Å². The molecular formula is C13H17NO2. The number of fused-ring (bicyclic) bond motifs is 3. The van der Waals surface area contributed by atoms with Crippen LogP contribution in [0.25, 0.3) is 0 Å². The fraction of sp³-hybridized carbons (Fsp3) is 0.538. The third-order valence-electron chi connectivity index (χ3n) is 3.81. The van der Waals surface area contributed by atoms with Crippen molar-refractivity contribution in [3.8, 4) is 5.75 Å². The zero-order chi connectivity index (χ0) is 11.1. The maximum absolute atomic E-state index is 9.86. The highest BCUT2D eigenvalue weighted by Gasteiger charge is 2.40. The summed E-state index contributed by atoms with van der Waals surface area (Å²) in [5.41, 5.74) is 2.26. The summed E-state index contributed by atoms with van der Waals surface area (Å²) < 4.78 is 5.86. The van der Waals surface area contributed by atoms with Crippen molar-refractivity contribution >= 4 is 0 Å². The summed E-state index contributed by atoms with van der Waals surface area (Å²) in [6.07, 6.45) is 1.08. The Kier molecular flexibility index (Phi) is 2.37. The standard InChI is InChI=1S/C13H17NO2/c1-2-14-6-7-16-13-9-4-3-5-12(15)10(9)8-11(13)14/h3-5,11,13,15H,2,6-8H2,1H3/t11-,13-/m0/s1. The second-order valence-electron chi connectivity index (χ2n) is 4.54. The van der Waals surface area contributed by atoms with Crippen molar-refractivity contribution in [2.45, 2.75) is 25.5 Å². The van der Waals surface area contributed by atoms with Crippen LogP contribution in [-0.2, 0) is 11.2 Å². The summed E-state index contributed by atoms with van der Waals surface area (Å²) in [5, 5.41) is 9.86. The summed E-state index contributed by atoms with van der Waals surface area (Å²) in [7, 11) is 0. The molecule has 2 atom stereocenters. The molecule has 0 aromatic heterocycles. The lowest BCUT2D eigenvalue weighted by Crippen LogP contribution is -2.45. The quantitative estimate of drug-likeness (QED) is 0.780. The fourth-order valence-corrected chi connectivity index (χ4v) is 2.98. The first-order chi connectivity index (χ1) is 7.81. The minimum absolute atomic E-state index is 0.163. The van der Waals surface area contributed by atoms with Crippen molar-refractivity contribution in [2.24, 2.45) is 0 Å². The summed E-state index contributed by atoms with van der Waals surface area (Å²) in [4.78, 5) is 2.45. The first-order valence-electron chi connectivity index (χ1n) is 5.97. The summed E-state index contributed by atoms with van der Waals surface area (Å²) in [5.74, 6) is 0.423. The van der Waals surface area contributed by atoms with E-state index in [1.165, 1.54) is 5.56 Å². The largest absolute Gasteiger partial charge is 0.508 e. The predicted molar refractivity (Wildman–Crippen MR) is 61.5 cm³/mol. The van der Waals surface area contributed by atoms with Crippen LogP contribution >= 0.6 is 0 Å². The zero-order valence-corrected chi connectivity index (χ0v) is 9.52. The van der Waals surface area contributed by atoms with E-state index in [1.54, 1.807) is 6.07 Å². The number of phenolic OH excluding ortho intramolecular Hbond substituents is 1. The van der Waals surface area contributed by atoms with Crippen molar-refractivity contribution in [1.82, 2.24) is 4.90 Å². The topological polar surface area (TPSA) is 32.7 Å². The number of morpholine rings is 1. The molecule has 86 valence electrons. The van der Waals surface area contributed by atoms with Crippen molar-refractivity contribution in [3.05, 3.63) is 29.3 Å². The van der Waals surface area contributed by atoms with Crippen LogP contribution < -0.4 is 0 Å². The Labute approximate surface area is 95.6 Å². The van der Waals surface area contributed by atoms with Gasteiger partial charge in [0.1, 0.15) is 5.75 Å². The second kappa shape index (κ2) is 3.75. The number of nitrogens with zero attached hydrogens (tertiary/aromatic N) is 1. The molecule has 1 aliphatic carbocycles. The van der Waals surface area contributed by atoms with Gasteiger partial charge in [-0.05, 0) is 24.6 Å². The highest BCUT2D eigenvalue weighted by atomic mass is 16.5. The fourth-order valence-electron chi connectivity index (χ4n) is 2.98. The zero-order valence-electron chi connectivity index (χ0n) is 9.52. The predicted octanol–water partition coefficient (Wildman–Crippen LogP) is 1.71. The Balaban J connectivity index is 1.99. The molecule has 0 spiro atoms. The third-order valence-corrected chi connectivity index (χ3v) is 3.81. The SMILES string of the molecule is CCN1CCO[C@H]2c3cccc(O)c3C[C@@H]21. The van der Waals surface area contributed by atoms with E-state index in [2.05, 4.69) is 17.9 Å². The van der Waals surface area contributed by atoms with Crippen molar-refractivity contribution in [1.29, 1.82) is 0 Å². The maximum atomic E-state index is 9.86. The van der Waals surface area contributed by atoms with E-state index in [1.807, 2.05) is 6.07 Å². The van der Waals surface area contributed by atoms with Gasteiger partial charge in [-0.15, -0.1) is 0 Å². The van der Waals surface area contributed by atoms with E-state index in [0.717, 1.165) is 31.7 Å². The molecule has 1 fully saturated rings. The smallest absolute Gasteiger partial charge is 0.119 e. The van der Waals surface area contributed by atoms with Gasteiger partial charge in [0.2, 0.25) is 0 Å². The Morgan fingerprint density at radius 2 is 2.38 bits per heavy atom. The number of benzene rings is 1. The molecule has 1 aromatic carbocycles. The number of rotatable bonds is 1. The van der Waals surface area contributed by atoms with Gasteiger partial charge in [-0.1, -0.05) is 19.1 Å². The number of hydrogen-bond donors (Lipinski definition) is 1. The molecule has 1 aromatic rings. The molecule has 3 heteroatoms. The van der Waals surface area contributed by atoms with Gasteiger partial charge in [0.05, 0.1) is 12.7 Å². The Hall–Kier alpha value is -1.06. The van der Waals surface area contributed by atoms with Gasteiger partial charge in [0, 0.05) is 18.2 Å². The van der Waals surface area contributed by atoms with Crippen LogP contribution in [0.4, 0.5) is 0 Å². The van der Waals surface area contributed by atoms with Gasteiger partial charge in [0.25, 0.3) is 0 Å². The Bertz CT molecular complexity index is 405. The maximum Gasteiger partial charge on any atom is 0.119 e. The van der Waals surface area contributed by atoms with Crippen LogP contribution in [0.5, 0.6) is 5.75 Å². The first kappa shape index (κ1) is 10.1. The van der Waals surface area contributed by atoms with Gasteiger partial charge in [-0.2, -0.15) is 0 Å². The molecule has 3 rings (SSSR count). The molecule has 1 N–H and O–H groups in total. The van der Waals surface area contributed by atoms with Crippen molar-refractivity contribution in [2.75, 3.05) is 19.7 Å². The first-order valence-corrected chi connectivity index (χ1v) is 5.97. The van der Waals surface area contributed by atoms with Gasteiger partial charge in [-0.25, -0.2) is 0 Å². The van der Waals surface area contributed by atoms with Crippen molar-refractivity contribution < 1.29 is 9.84 Å². The average molecular weight is 219 g/mol. The van der Waals surface area contributed by atoms with Crippen LogP contribution in [0.3, 0.4) is 0 Å². The van der Waals surface area contributed by atoms with Crippen LogP contribution in [-0.4, -0.2) is 35.7 Å². The minimum atomic E-state index is 0.163. The molecule has 16 heavy (non-hydrogen) atoms. The number of likely N-dealkylation sites (N-methyl/N-ethyl adjacent to an activating group) is 1. The molecular weight excluding hydrogens is 202 g/mol. The lowest BCUT2D eigenvalue weighted by Gasteiger charge is -2.37. The van der Waals surface area contributed by atoms with Gasteiger partial charge in [-0.3, -0.25) is 4.90 Å². The lowest BCUT2D eigenvalue weighted by molar-refractivity contribution is -0.0624. The molecule has 0 amide bonds. The number of aromatic hydroxyl groups is 1. The van der Waals surface area contributed by atoms with Gasteiger partial charge >= 0.3 is 0 Å². The normalized spacial score (nSPS) is 28.8. The summed E-state index contributed by atoms with van der Waals surface area (Å²) in [6.45, 7) is 5.04. The lowest BCUT2D eigenvalue weighted by atomic mass is 10.1. The van der Waals surface area contributed by atoms with Crippen LogP contribution in [0.2, 0.25) is 0 Å². The van der Waals surface area contributed by atoms with Crippen LogP contribution in [0, 0.1) is 0 Å². The van der Waals surface area contributed by atoms with E-state index in [4.69, 9.17) is 4.74 Å². The van der Waals surface area contributed by atoms with E-state index in [0.29, 0.717) is 11.8 Å². The average Bonchev–Trinajstić information content (AvgIpc) is 2.69. The molecule has 1 heterocycles. The molecule has 3 nitrogen and oxygen atoms in total. The molecule has 0 bridgehead atoms. The Morgan fingerprint density at radius 1 is 1.50 bits per heavy atom. The molecule has 0 radical (unpaired) electrons. The van der Waals surface area contributed by atoms with E-state index < -0.39 is 0 Å². The number of ether oxygens (including phenoxy) is 1. The van der Waals surface area contributed by atoms with E-state index in [-0.39, 0.29) is 6.10 Å². The van der Waals surface area contributed by atoms with Gasteiger partial charge in [0.15, 0.2) is 0 Å². The second-order valence-corrected chi connectivity index (χ2v) is 4.54. The summed E-state index contributed by atoms with van der Waals surface area (Å²) in [6, 6.07) is 6.18. The molecule has 1 saturated heterocycles. The molecule has 0 saturated carbocycles. The minimum Gasteiger partial charge on any atom is -0.508 e. The van der Waals surface area contributed by atoms with Gasteiger partial charge < -0.3 is 9.84 Å². The Morgan fingerprint density at radius 3 is 3.19 bits per heavy atom. The molecule has 1 aliphatic heterocycles. The third kappa shape index (κ3) is 1.35. The summed E-state index contributed by atoms with van der Waals surface area (Å²) >= 11 is 0. The monoisotopic (exact) mass is 219 g/mol. The number of phenols is 1. The van der Waals surface area contributed by atoms with Crippen LogP contribution in [0.1, 0.15) is 24.2 Å². The highest BCUT2D eigenvalue weighted by Crippen LogP contribution is 2.42. The molecule has 0 unspecified atom stereocenters. The van der Waals surface area contributed by atoms with E-state index in [9.17, 15) is 5.11 Å². The molecule has 2 aliphatic rings. The highest BCUT2D eigenvalue weighted by molar-refractivity contribution is 5.45. The number of hydrogen-bond acceptors (Lipinski definition) is 3.